The second kappa shape index (κ2) is 4.96. The molecule has 0 amide bonds. The van der Waals surface area contributed by atoms with Crippen molar-refractivity contribution in [2.24, 2.45) is 0 Å². The third kappa shape index (κ3) is 11.9. The molecule has 0 fully saturated rings. The van der Waals surface area contributed by atoms with Crippen molar-refractivity contribution >= 4 is 16.1 Å². The number of allylic oxidation sites excluding steroid dienone is 3. The summed E-state index contributed by atoms with van der Waals surface area (Å²) in [6, 6.07) is 1.29. The van der Waals surface area contributed by atoms with Crippen molar-refractivity contribution in [1.82, 2.24) is 0 Å². The molecule has 13 heavy (non-hydrogen) atoms. The Morgan fingerprint density at radius 1 is 0.846 bits per heavy atom. The van der Waals surface area contributed by atoms with Crippen LogP contribution in [0.1, 0.15) is 0 Å². The molecule has 0 N–H and O–H groups in total. The zero-order valence-corrected chi connectivity index (χ0v) is 12.0. The third-order valence-corrected chi connectivity index (χ3v) is 4.23. The molecular weight excluding hydrogens is 188 g/mol. The highest BCUT2D eigenvalue weighted by molar-refractivity contribution is 6.81. The van der Waals surface area contributed by atoms with Gasteiger partial charge in [-0.2, -0.15) is 0 Å². The summed E-state index contributed by atoms with van der Waals surface area (Å²) < 4.78 is 0. The van der Waals surface area contributed by atoms with Crippen LogP contribution in [0.4, 0.5) is 0 Å². The molecular formula is C11H24Si2. The molecule has 0 atom stereocenters. The first-order valence-corrected chi connectivity index (χ1v) is 12.3. The Hall–Kier alpha value is -0.0862. The second-order valence-electron chi connectivity index (χ2n) is 5.92. The van der Waals surface area contributed by atoms with Gasteiger partial charge in [0.1, 0.15) is 0 Å². The summed E-state index contributed by atoms with van der Waals surface area (Å²) in [5, 5.41) is 0. The van der Waals surface area contributed by atoms with Crippen LogP contribution in [0.5, 0.6) is 0 Å². The molecule has 0 aliphatic heterocycles. The first-order valence-electron chi connectivity index (χ1n) is 5.05. The van der Waals surface area contributed by atoms with E-state index in [1.54, 1.807) is 0 Å². The van der Waals surface area contributed by atoms with Crippen molar-refractivity contribution in [3.63, 3.8) is 0 Å². The molecule has 0 aromatic rings. The minimum Gasteiger partial charge on any atom is -0.0950 e. The van der Waals surface area contributed by atoms with Crippen molar-refractivity contribution in [2.75, 3.05) is 0 Å². The van der Waals surface area contributed by atoms with E-state index in [0.29, 0.717) is 0 Å². The van der Waals surface area contributed by atoms with E-state index in [4.69, 9.17) is 0 Å². The van der Waals surface area contributed by atoms with Gasteiger partial charge in [0.25, 0.3) is 0 Å². The Labute approximate surface area is 85.8 Å². The monoisotopic (exact) mass is 212 g/mol. The Morgan fingerprint density at radius 2 is 1.38 bits per heavy atom. The quantitative estimate of drug-likeness (QED) is 0.481. The fraction of sp³-hybridized carbons (Fsp3) is 0.636. The van der Waals surface area contributed by atoms with Gasteiger partial charge in [0.05, 0.1) is 8.07 Å². The number of rotatable bonds is 4. The predicted octanol–water partition coefficient (Wildman–Crippen LogP) is 4.31. The van der Waals surface area contributed by atoms with Crippen LogP contribution < -0.4 is 0 Å². The van der Waals surface area contributed by atoms with E-state index in [1.165, 1.54) is 6.04 Å². The number of hydrogen-bond acceptors (Lipinski definition) is 0. The molecule has 0 bridgehead atoms. The maximum Gasteiger partial charge on any atom is 0.0686 e. The molecule has 0 rings (SSSR count). The molecule has 0 saturated carbocycles. The molecule has 0 aromatic heterocycles. The molecule has 0 nitrogen and oxygen atoms in total. The van der Waals surface area contributed by atoms with Crippen molar-refractivity contribution in [3.05, 3.63) is 23.9 Å². The maximum absolute atomic E-state index is 2.40. The topological polar surface area (TPSA) is 0 Å². The highest BCUT2D eigenvalue weighted by Crippen LogP contribution is 2.08. The van der Waals surface area contributed by atoms with E-state index >= 15 is 0 Å². The average Bonchev–Trinajstić information content (AvgIpc) is 1.81. The van der Waals surface area contributed by atoms with Crippen LogP contribution in [0.3, 0.4) is 0 Å². The summed E-state index contributed by atoms with van der Waals surface area (Å²) in [6.45, 7) is 14.3. The molecule has 76 valence electrons. The molecule has 0 heterocycles. The standard InChI is InChI=1S/C11H24Si2/c1-12(2,3)10-8-7-9-11-13(4,5)6/h7-10H,11H2,1-6H3. The van der Waals surface area contributed by atoms with Crippen molar-refractivity contribution in [3.8, 4) is 0 Å². The molecule has 2 heteroatoms. The summed E-state index contributed by atoms with van der Waals surface area (Å²) in [5.74, 6) is 0. The summed E-state index contributed by atoms with van der Waals surface area (Å²) in [5.41, 5.74) is 2.38. The van der Waals surface area contributed by atoms with Crippen LogP contribution in [0, 0.1) is 0 Å². The normalized spacial score (nSPS) is 14.6. The van der Waals surface area contributed by atoms with Crippen molar-refractivity contribution in [1.29, 1.82) is 0 Å². The van der Waals surface area contributed by atoms with E-state index in [-0.39, 0.29) is 0 Å². The lowest BCUT2D eigenvalue weighted by Gasteiger charge is -2.11. The van der Waals surface area contributed by atoms with Crippen LogP contribution in [0.2, 0.25) is 45.3 Å². The first kappa shape index (κ1) is 12.9. The van der Waals surface area contributed by atoms with Crippen molar-refractivity contribution in [2.45, 2.75) is 45.3 Å². The van der Waals surface area contributed by atoms with Crippen LogP contribution in [0.25, 0.3) is 0 Å². The van der Waals surface area contributed by atoms with Crippen LogP contribution in [-0.2, 0) is 0 Å². The average molecular weight is 212 g/mol. The van der Waals surface area contributed by atoms with Crippen molar-refractivity contribution < 1.29 is 0 Å². The number of hydrogen-bond donors (Lipinski definition) is 0. The summed E-state index contributed by atoms with van der Waals surface area (Å²) >= 11 is 0. The van der Waals surface area contributed by atoms with E-state index in [0.717, 1.165) is 0 Å². The molecule has 0 saturated heterocycles. The lowest BCUT2D eigenvalue weighted by atomic mass is 10.5. The van der Waals surface area contributed by atoms with E-state index in [2.05, 4.69) is 63.2 Å². The minimum atomic E-state index is -0.974. The van der Waals surface area contributed by atoms with Gasteiger partial charge < -0.3 is 0 Å². The van der Waals surface area contributed by atoms with Gasteiger partial charge in [-0.25, -0.2) is 0 Å². The molecule has 0 aliphatic carbocycles. The zero-order chi connectivity index (χ0) is 10.5. The van der Waals surface area contributed by atoms with Crippen LogP contribution in [-0.4, -0.2) is 16.1 Å². The Bertz CT molecular complexity index is 189. The molecule has 0 aliphatic rings. The zero-order valence-electron chi connectivity index (χ0n) is 10.0. The Morgan fingerprint density at radius 3 is 1.77 bits per heavy atom. The van der Waals surface area contributed by atoms with Crippen LogP contribution in [0.15, 0.2) is 23.9 Å². The maximum atomic E-state index is 2.40. The fourth-order valence-electron chi connectivity index (χ4n) is 0.844. The molecule has 0 unspecified atom stereocenters. The van der Waals surface area contributed by atoms with Gasteiger partial charge in [0.15, 0.2) is 0 Å². The first-order chi connectivity index (χ1) is 5.71. The summed E-state index contributed by atoms with van der Waals surface area (Å²) in [4.78, 5) is 0. The highest BCUT2D eigenvalue weighted by Gasteiger charge is 2.09. The largest absolute Gasteiger partial charge is 0.0950 e. The smallest absolute Gasteiger partial charge is 0.0686 e. The SMILES string of the molecule is C[Si](C)(C)C=CC=CC[Si](C)(C)C. The Kier molecular flexibility index (Phi) is 4.93. The van der Waals surface area contributed by atoms with Gasteiger partial charge in [0.2, 0.25) is 0 Å². The molecule has 0 aromatic carbocycles. The lowest BCUT2D eigenvalue weighted by molar-refractivity contribution is 1.51. The molecule has 0 spiro atoms. The van der Waals surface area contributed by atoms with Gasteiger partial charge in [-0.1, -0.05) is 63.2 Å². The van der Waals surface area contributed by atoms with E-state index in [1.807, 2.05) is 0 Å². The van der Waals surface area contributed by atoms with E-state index in [9.17, 15) is 0 Å². The van der Waals surface area contributed by atoms with Gasteiger partial charge in [-0.3, -0.25) is 0 Å². The van der Waals surface area contributed by atoms with E-state index < -0.39 is 16.1 Å². The molecule has 0 radical (unpaired) electrons. The summed E-state index contributed by atoms with van der Waals surface area (Å²) in [7, 11) is -1.84. The highest BCUT2D eigenvalue weighted by atomic mass is 28.3. The third-order valence-electron chi connectivity index (χ3n) is 1.57. The Balaban J connectivity index is 3.84. The van der Waals surface area contributed by atoms with Gasteiger partial charge >= 0.3 is 0 Å². The van der Waals surface area contributed by atoms with Gasteiger partial charge in [0, 0.05) is 8.07 Å². The lowest BCUT2D eigenvalue weighted by Crippen LogP contribution is -2.17. The van der Waals surface area contributed by atoms with Crippen LogP contribution >= 0.6 is 0 Å². The fourth-order valence-corrected chi connectivity index (χ4v) is 2.38. The second-order valence-corrected chi connectivity index (χ2v) is 16.5. The predicted molar refractivity (Wildman–Crippen MR) is 69.8 cm³/mol. The van der Waals surface area contributed by atoms with Gasteiger partial charge in [-0.15, -0.1) is 0 Å². The summed E-state index contributed by atoms with van der Waals surface area (Å²) in [6.07, 6.45) is 6.77. The minimum absolute atomic E-state index is 0.862. The van der Waals surface area contributed by atoms with Gasteiger partial charge in [-0.05, 0) is 6.04 Å².